The van der Waals surface area contributed by atoms with Crippen LogP contribution in [0.1, 0.15) is 33.2 Å². The van der Waals surface area contributed by atoms with E-state index in [-0.39, 0.29) is 29.7 Å². The fourth-order valence-corrected chi connectivity index (χ4v) is 4.86. The molecule has 0 aliphatic carbocycles. The molecule has 0 bridgehead atoms. The van der Waals surface area contributed by atoms with Gasteiger partial charge in [0, 0.05) is 48.0 Å². The third-order valence-corrected chi connectivity index (χ3v) is 6.77. The number of H-pyrrole nitrogens is 1. The van der Waals surface area contributed by atoms with Gasteiger partial charge in [-0.1, -0.05) is 12.1 Å². The molecule has 0 fully saturated rings. The van der Waals surface area contributed by atoms with E-state index in [1.807, 2.05) is 0 Å². The van der Waals surface area contributed by atoms with Crippen LogP contribution >= 0.6 is 0 Å². The summed E-state index contributed by atoms with van der Waals surface area (Å²) in [5.74, 6) is -5.64. The average Bonchev–Trinajstić information content (AvgIpc) is 3.32. The van der Waals surface area contributed by atoms with E-state index < -0.39 is 46.9 Å². The van der Waals surface area contributed by atoms with E-state index in [0.717, 1.165) is 36.4 Å². The van der Waals surface area contributed by atoms with Gasteiger partial charge >= 0.3 is 0 Å². The molecule has 0 radical (unpaired) electrons. The van der Waals surface area contributed by atoms with E-state index in [2.05, 4.69) is 20.6 Å². The van der Waals surface area contributed by atoms with Gasteiger partial charge in [0.1, 0.15) is 17.5 Å². The molecule has 0 spiro atoms. The first-order chi connectivity index (χ1) is 20.1. The number of aromatic nitrogens is 2. The molecule has 0 aliphatic rings. The Morgan fingerprint density at radius 1 is 0.905 bits per heavy atom. The zero-order chi connectivity index (χ0) is 30.0. The van der Waals surface area contributed by atoms with E-state index >= 15 is 0 Å². The molecule has 3 N–H and O–H groups in total. The van der Waals surface area contributed by atoms with Gasteiger partial charge in [-0.15, -0.1) is 0 Å². The summed E-state index contributed by atoms with van der Waals surface area (Å²) >= 11 is 0. The quantitative estimate of drug-likeness (QED) is 0.200. The maximum Gasteiger partial charge on any atom is 0.254 e. The minimum atomic E-state index is -1.07. The Labute approximate surface area is 236 Å². The number of hydrogen-bond acceptors (Lipinski definition) is 3. The molecule has 0 saturated heterocycles. The second-order valence-corrected chi connectivity index (χ2v) is 9.61. The van der Waals surface area contributed by atoms with Crippen LogP contribution in [-0.4, -0.2) is 28.8 Å². The molecule has 42 heavy (non-hydrogen) atoms. The highest BCUT2D eigenvalue weighted by molar-refractivity contribution is 5.95. The van der Waals surface area contributed by atoms with Gasteiger partial charge < -0.3 is 15.6 Å². The van der Waals surface area contributed by atoms with Crippen LogP contribution in [0.2, 0.25) is 0 Å². The first kappa shape index (κ1) is 28.5. The van der Waals surface area contributed by atoms with Crippen LogP contribution in [0.15, 0.2) is 73.1 Å². The van der Waals surface area contributed by atoms with E-state index in [1.165, 1.54) is 31.6 Å². The molecule has 5 rings (SSSR count). The summed E-state index contributed by atoms with van der Waals surface area (Å²) in [6, 6.07) is 11.2. The molecule has 6 nitrogen and oxygen atoms in total. The SMILES string of the molecule is CNC(=O)c1cc(-c2cccnc2C(Cc2cc(F)cc(F)c2)NC(=O)Cc2c[nH]c3cc(F)c(F)cc23)ccc1F. The van der Waals surface area contributed by atoms with Crippen molar-refractivity contribution in [3.8, 4) is 11.1 Å². The van der Waals surface area contributed by atoms with Crippen LogP contribution in [0.25, 0.3) is 22.0 Å². The fourth-order valence-electron chi connectivity index (χ4n) is 4.86. The fraction of sp³-hybridized carbons (Fsp3) is 0.129. The highest BCUT2D eigenvalue weighted by atomic mass is 19.2. The molecule has 1 atom stereocenters. The van der Waals surface area contributed by atoms with Crippen molar-refractivity contribution >= 4 is 22.7 Å². The predicted molar refractivity (Wildman–Crippen MR) is 146 cm³/mol. The van der Waals surface area contributed by atoms with Crippen molar-refractivity contribution in [3.05, 3.63) is 125 Å². The highest BCUT2D eigenvalue weighted by Gasteiger charge is 2.23. The number of aromatic amines is 1. The van der Waals surface area contributed by atoms with Gasteiger partial charge in [0.2, 0.25) is 5.91 Å². The van der Waals surface area contributed by atoms with E-state index in [9.17, 15) is 31.5 Å². The van der Waals surface area contributed by atoms with Crippen molar-refractivity contribution < 1.29 is 31.5 Å². The molecule has 0 saturated carbocycles. The summed E-state index contributed by atoms with van der Waals surface area (Å²) in [7, 11) is 1.37. The number of carbonyl (C=O) groups is 2. The summed E-state index contributed by atoms with van der Waals surface area (Å²) in [5.41, 5.74) is 1.86. The Morgan fingerprint density at radius 2 is 1.64 bits per heavy atom. The lowest BCUT2D eigenvalue weighted by molar-refractivity contribution is -0.121. The Balaban J connectivity index is 1.53. The molecule has 0 aliphatic heterocycles. The molecular weight excluding hydrogens is 555 g/mol. The normalized spacial score (nSPS) is 11.9. The standard InChI is InChI=1S/C31H23F5N4O2/c1-37-31(42)23-10-17(4-5-24(23)34)21-3-2-6-38-30(21)28(9-16-7-19(32)12-20(33)8-16)40-29(41)11-18-15-39-27-14-26(36)25(35)13-22(18)27/h2-8,10,12-15,28,39H,9,11H2,1H3,(H,37,42)(H,40,41). The number of nitrogens with zero attached hydrogens (tertiary/aromatic N) is 1. The van der Waals surface area contributed by atoms with Gasteiger partial charge in [-0.3, -0.25) is 14.6 Å². The molecule has 2 heterocycles. The topological polar surface area (TPSA) is 86.9 Å². The van der Waals surface area contributed by atoms with Gasteiger partial charge in [-0.2, -0.15) is 0 Å². The van der Waals surface area contributed by atoms with Crippen molar-refractivity contribution in [2.45, 2.75) is 18.9 Å². The monoisotopic (exact) mass is 578 g/mol. The Bertz CT molecular complexity index is 1800. The molecule has 5 aromatic rings. The van der Waals surface area contributed by atoms with Crippen molar-refractivity contribution in [3.63, 3.8) is 0 Å². The molecular formula is C31H23F5N4O2. The number of carbonyl (C=O) groups excluding carboxylic acids is 2. The molecule has 1 unspecified atom stereocenters. The van der Waals surface area contributed by atoms with Crippen LogP contribution in [0, 0.1) is 29.1 Å². The molecule has 214 valence electrons. The molecule has 11 heteroatoms. The van der Waals surface area contributed by atoms with Crippen LogP contribution < -0.4 is 10.6 Å². The minimum Gasteiger partial charge on any atom is -0.361 e. The smallest absolute Gasteiger partial charge is 0.254 e. The van der Waals surface area contributed by atoms with Crippen LogP contribution in [0.3, 0.4) is 0 Å². The van der Waals surface area contributed by atoms with Crippen molar-refractivity contribution in [2.24, 2.45) is 0 Å². The van der Waals surface area contributed by atoms with E-state index in [1.54, 1.807) is 12.1 Å². The Kier molecular flexibility index (Phi) is 8.01. The van der Waals surface area contributed by atoms with Crippen LogP contribution in [0.5, 0.6) is 0 Å². The predicted octanol–water partition coefficient (Wildman–Crippen LogP) is 5.93. The van der Waals surface area contributed by atoms with Gasteiger partial charge in [0.25, 0.3) is 5.91 Å². The lowest BCUT2D eigenvalue weighted by atomic mass is 9.94. The number of amides is 2. The van der Waals surface area contributed by atoms with Gasteiger partial charge in [0.05, 0.1) is 23.7 Å². The number of rotatable bonds is 8. The maximum absolute atomic E-state index is 14.4. The lowest BCUT2D eigenvalue weighted by Gasteiger charge is -2.22. The minimum absolute atomic E-state index is 0.0817. The van der Waals surface area contributed by atoms with Gasteiger partial charge in [-0.25, -0.2) is 22.0 Å². The first-order valence-electron chi connectivity index (χ1n) is 12.8. The number of pyridine rings is 1. The summed E-state index contributed by atoms with van der Waals surface area (Å²) < 4.78 is 70.1. The largest absolute Gasteiger partial charge is 0.361 e. The summed E-state index contributed by atoms with van der Waals surface area (Å²) in [6.07, 6.45) is 2.61. The van der Waals surface area contributed by atoms with E-state index in [4.69, 9.17) is 0 Å². The Hall–Kier alpha value is -5.06. The number of fused-ring (bicyclic) bond motifs is 1. The van der Waals surface area contributed by atoms with Crippen molar-refractivity contribution in [1.29, 1.82) is 0 Å². The third kappa shape index (κ3) is 5.99. The van der Waals surface area contributed by atoms with Gasteiger partial charge in [-0.05, 0) is 59.5 Å². The summed E-state index contributed by atoms with van der Waals surface area (Å²) in [5, 5.41) is 5.54. The van der Waals surface area contributed by atoms with Gasteiger partial charge in [0.15, 0.2) is 11.6 Å². The number of hydrogen-bond donors (Lipinski definition) is 3. The maximum atomic E-state index is 14.4. The number of nitrogens with one attached hydrogen (secondary N) is 3. The first-order valence-corrected chi connectivity index (χ1v) is 12.8. The average molecular weight is 579 g/mol. The Morgan fingerprint density at radius 3 is 2.38 bits per heavy atom. The second-order valence-electron chi connectivity index (χ2n) is 9.61. The second kappa shape index (κ2) is 11.8. The van der Waals surface area contributed by atoms with E-state index in [0.29, 0.717) is 27.6 Å². The van der Waals surface area contributed by atoms with Crippen LogP contribution in [0.4, 0.5) is 22.0 Å². The molecule has 3 aromatic carbocycles. The molecule has 2 aromatic heterocycles. The van der Waals surface area contributed by atoms with Crippen LogP contribution in [-0.2, 0) is 17.6 Å². The molecule has 2 amide bonds. The number of halogens is 5. The summed E-state index contributed by atoms with van der Waals surface area (Å²) in [4.78, 5) is 32.8. The lowest BCUT2D eigenvalue weighted by Crippen LogP contribution is -2.32. The van der Waals surface area contributed by atoms with Crippen molar-refractivity contribution in [1.82, 2.24) is 20.6 Å². The highest BCUT2D eigenvalue weighted by Crippen LogP contribution is 2.31. The third-order valence-electron chi connectivity index (χ3n) is 6.77. The summed E-state index contributed by atoms with van der Waals surface area (Å²) in [6.45, 7) is 0. The number of benzene rings is 3. The zero-order valence-corrected chi connectivity index (χ0v) is 22.1. The van der Waals surface area contributed by atoms with Crippen molar-refractivity contribution in [2.75, 3.05) is 7.05 Å². The zero-order valence-electron chi connectivity index (χ0n) is 22.1.